The number of fused-ring (bicyclic) bond motifs is 5. The zero-order chi connectivity index (χ0) is 55.0. The first-order chi connectivity index (χ1) is 34.2. The lowest BCUT2D eigenvalue weighted by Crippen LogP contribution is -2.23. The fourth-order valence-corrected chi connectivity index (χ4v) is 7.37. The second-order valence-electron chi connectivity index (χ2n) is 22.0. The number of anilines is 4. The largest absolute Gasteiger partial charge is 0.383 e. The van der Waals surface area contributed by atoms with Gasteiger partial charge in [0.25, 0.3) is 11.1 Å². The monoisotopic (exact) mass is 1020 g/mol. The van der Waals surface area contributed by atoms with Gasteiger partial charge in [0.1, 0.15) is 40.4 Å². The summed E-state index contributed by atoms with van der Waals surface area (Å²) in [5.74, 6) is 0.514. The second kappa shape index (κ2) is 20.2. The predicted molar refractivity (Wildman–Crippen MR) is 284 cm³/mol. The van der Waals surface area contributed by atoms with E-state index in [1.165, 1.54) is 37.7 Å². The first-order valence-electron chi connectivity index (χ1n) is 23.3. The number of nitrogens with one attached hydrogen (secondary N) is 3. The average molecular weight is 1020 g/mol. The normalized spacial score (nSPS) is 12.2. The molecule has 26 heteroatoms. The Hall–Kier alpha value is -8.45. The van der Waals surface area contributed by atoms with Crippen LogP contribution in [0.4, 0.5) is 32.2 Å². The molecule has 0 atom stereocenters. The van der Waals surface area contributed by atoms with Crippen LogP contribution in [0.1, 0.15) is 110 Å². The van der Waals surface area contributed by atoms with Gasteiger partial charge in [0, 0.05) is 41.5 Å². The molecule has 0 aliphatic rings. The van der Waals surface area contributed by atoms with Gasteiger partial charge in [-0.15, -0.1) is 0 Å². The van der Waals surface area contributed by atoms with Gasteiger partial charge in [-0.25, -0.2) is 52.9 Å². The molecule has 0 saturated carbocycles. The molecular formula is C48H66F2N22O2. The molecule has 0 aromatic carbocycles. The predicted octanol–water partition coefficient (Wildman–Crippen LogP) is 6.61. The van der Waals surface area contributed by atoms with E-state index in [1.807, 2.05) is 84.6 Å². The van der Waals surface area contributed by atoms with Gasteiger partial charge >= 0.3 is 0 Å². The third kappa shape index (κ3) is 11.6. The highest BCUT2D eigenvalue weighted by Gasteiger charge is 2.24. The molecule has 24 nitrogen and oxygen atoms in total. The number of nitrogen functional groups attached to an aromatic ring is 3. The van der Waals surface area contributed by atoms with E-state index in [4.69, 9.17) is 17.2 Å². The van der Waals surface area contributed by atoms with Crippen molar-refractivity contribution in [2.75, 3.05) is 29.6 Å². The van der Waals surface area contributed by atoms with Crippen molar-refractivity contribution in [2.24, 2.45) is 0 Å². The molecule has 10 aromatic rings. The quantitative estimate of drug-likeness (QED) is 0.101. The molecular weight excluding hydrogens is 955 g/mol. The van der Waals surface area contributed by atoms with Crippen LogP contribution in [0.2, 0.25) is 0 Å². The highest BCUT2D eigenvalue weighted by Crippen LogP contribution is 2.29. The van der Waals surface area contributed by atoms with Crippen molar-refractivity contribution in [2.45, 2.75) is 131 Å². The number of nitrogens with zero attached hydrogens (tertiary/aromatic N) is 16. The summed E-state index contributed by atoms with van der Waals surface area (Å²) in [6.45, 7) is 30.3. The van der Waals surface area contributed by atoms with Gasteiger partial charge in [-0.2, -0.15) is 20.2 Å². The highest BCUT2D eigenvalue weighted by molar-refractivity contribution is 5.87. The molecule has 0 radical (unpaired) electrons. The van der Waals surface area contributed by atoms with Crippen molar-refractivity contribution in [1.82, 2.24) is 87.9 Å². The summed E-state index contributed by atoms with van der Waals surface area (Å²) in [7, 11) is 1.83. The Balaban J connectivity index is 0.000000151. The molecule has 10 aromatic heterocycles. The van der Waals surface area contributed by atoms with E-state index < -0.39 is 11.4 Å². The van der Waals surface area contributed by atoms with Crippen LogP contribution >= 0.6 is 0 Å². The van der Waals surface area contributed by atoms with Gasteiger partial charge in [0.05, 0.1) is 48.0 Å². The molecule has 0 spiro atoms. The average Bonchev–Trinajstić information content (AvgIpc) is 4.13. The zero-order valence-corrected chi connectivity index (χ0v) is 44.7. The molecule has 74 heavy (non-hydrogen) atoms. The van der Waals surface area contributed by atoms with E-state index in [0.717, 1.165) is 17.2 Å². The van der Waals surface area contributed by atoms with E-state index in [2.05, 4.69) is 112 Å². The Morgan fingerprint density at radius 2 is 1.12 bits per heavy atom. The van der Waals surface area contributed by atoms with Crippen LogP contribution in [0.25, 0.3) is 49.9 Å². The summed E-state index contributed by atoms with van der Waals surface area (Å²) in [5, 5.41) is 12.2. The Bertz CT molecular complexity index is 3710. The molecule has 394 valence electrons. The van der Waals surface area contributed by atoms with Gasteiger partial charge in [-0.3, -0.25) is 9.59 Å². The summed E-state index contributed by atoms with van der Waals surface area (Å²) in [4.78, 5) is 64.2. The Labute approximate surface area is 424 Å². The molecule has 0 fully saturated rings. The fraction of sp³-hybridized carbons (Fsp3) is 0.438. The van der Waals surface area contributed by atoms with E-state index in [1.54, 1.807) is 26.3 Å². The Morgan fingerprint density at radius 3 is 1.69 bits per heavy atom. The molecule has 10 heterocycles. The van der Waals surface area contributed by atoms with Crippen molar-refractivity contribution in [3.8, 4) is 0 Å². The minimum Gasteiger partial charge on any atom is -0.383 e. The van der Waals surface area contributed by atoms with Crippen LogP contribution in [0.15, 0.2) is 66.0 Å². The number of hydrogen-bond acceptors (Lipinski definition) is 17. The summed E-state index contributed by atoms with van der Waals surface area (Å²) in [6, 6.07) is 0. The number of rotatable bonds is 1. The number of halogens is 2. The number of nitrogens with two attached hydrogens (primary N) is 3. The van der Waals surface area contributed by atoms with Crippen molar-refractivity contribution in [3.05, 3.63) is 94.5 Å². The summed E-state index contributed by atoms with van der Waals surface area (Å²) < 4.78 is 36.1. The third-order valence-electron chi connectivity index (χ3n) is 11.0. The molecule has 0 saturated heterocycles. The lowest BCUT2D eigenvalue weighted by atomic mass is 9.93. The van der Waals surface area contributed by atoms with E-state index >= 15 is 0 Å². The lowest BCUT2D eigenvalue weighted by molar-refractivity contribution is 0.366. The number of H-pyrrole nitrogens is 2. The van der Waals surface area contributed by atoms with Gasteiger partial charge < -0.3 is 46.2 Å². The smallest absolute Gasteiger partial charge is 0.263 e. The molecule has 9 N–H and O–H groups in total. The Morgan fingerprint density at radius 1 is 0.554 bits per heavy atom. The standard InChI is InChI=1S/C10H13FN4.C10H12FN3O.C10H15N5.C9H14N6.C9H12N4O/c1-10(2,3)15-4-6(11)7-8(12)13-5-14-9(7)15;1-10(2,3)14-4-6(11)7-8(14)12-5-13-9(7)15;1-10(2,3)7-5-12-9-8(11-4)13-6-14-15(7)9;1-9(2,3)15-4-12-5-6(10)13-8(11)14-7(5)15;1-9(2,3)13-7-6(4-12-13)8(14)11-5-10-7/h4-5H,1-3H3,(H2,12,13,14);4-5H,1-3H3,(H,12,13,15);5-6H,1-4H3,(H,11,13,14);4H,1-3H3,(H4,10,11,13,14);4-5H,1-3H3,(H,10,11,14). The SMILES string of the molecule is CC(C)(C)n1cc(F)c2c(=O)[nH]cnc21.CC(C)(C)n1cc(F)c2c(N)ncnc21.CC(C)(C)n1cnc2c(N)nc(N)nc21.CC(C)(C)n1ncc2c(=O)[nH]cnc21.CNc1ncnn2c(C(C)(C)C)cnc12. The maximum Gasteiger partial charge on any atom is 0.263 e. The molecule has 0 bridgehead atoms. The van der Waals surface area contributed by atoms with Crippen molar-refractivity contribution in [3.63, 3.8) is 0 Å². The van der Waals surface area contributed by atoms with Crippen LogP contribution in [0.3, 0.4) is 0 Å². The van der Waals surface area contributed by atoms with Crippen LogP contribution in [0.5, 0.6) is 0 Å². The molecule has 0 aliphatic heterocycles. The minimum absolute atomic E-state index is 0.0208. The topological polar surface area (TPSA) is 322 Å². The van der Waals surface area contributed by atoms with Crippen LogP contribution in [-0.2, 0) is 27.6 Å². The first kappa shape index (κ1) is 54.9. The lowest BCUT2D eigenvalue weighted by Gasteiger charge is -2.21. The van der Waals surface area contributed by atoms with Crippen LogP contribution in [0, 0.1) is 11.6 Å². The van der Waals surface area contributed by atoms with Gasteiger partial charge in [-0.1, -0.05) is 20.8 Å². The van der Waals surface area contributed by atoms with Gasteiger partial charge in [0.2, 0.25) is 5.95 Å². The third-order valence-corrected chi connectivity index (χ3v) is 11.0. The second-order valence-corrected chi connectivity index (χ2v) is 22.0. The van der Waals surface area contributed by atoms with E-state index in [-0.39, 0.29) is 56.1 Å². The molecule has 10 rings (SSSR count). The van der Waals surface area contributed by atoms with Crippen LogP contribution in [-0.4, -0.2) is 95.0 Å². The fourth-order valence-electron chi connectivity index (χ4n) is 7.37. The van der Waals surface area contributed by atoms with Crippen LogP contribution < -0.4 is 33.6 Å². The number of imidazole rings is 2. The van der Waals surface area contributed by atoms with Gasteiger partial charge in [-0.05, 0) is 83.1 Å². The minimum atomic E-state index is -0.533. The molecule has 0 unspecified atom stereocenters. The highest BCUT2D eigenvalue weighted by atomic mass is 19.1. The number of aromatic nitrogens is 18. The maximum atomic E-state index is 13.6. The number of hydrogen-bond donors (Lipinski definition) is 6. The van der Waals surface area contributed by atoms with E-state index in [9.17, 15) is 18.4 Å². The van der Waals surface area contributed by atoms with Gasteiger partial charge in [0.15, 0.2) is 45.9 Å². The molecule has 0 aliphatic carbocycles. The maximum absolute atomic E-state index is 13.6. The summed E-state index contributed by atoms with van der Waals surface area (Å²) in [6.07, 6.45) is 13.4. The number of aromatic amines is 2. The Kier molecular flexibility index (Phi) is 15.0. The molecule has 0 amide bonds. The van der Waals surface area contributed by atoms with Crippen molar-refractivity contribution < 1.29 is 8.78 Å². The summed E-state index contributed by atoms with van der Waals surface area (Å²) in [5.41, 5.74) is 20.2. The van der Waals surface area contributed by atoms with Crippen molar-refractivity contribution in [1.29, 1.82) is 0 Å². The summed E-state index contributed by atoms with van der Waals surface area (Å²) >= 11 is 0. The van der Waals surface area contributed by atoms with Crippen molar-refractivity contribution >= 4 is 73.3 Å². The van der Waals surface area contributed by atoms with E-state index in [0.29, 0.717) is 44.7 Å². The first-order valence-corrected chi connectivity index (χ1v) is 23.3. The zero-order valence-electron chi connectivity index (χ0n) is 44.7.